The summed E-state index contributed by atoms with van der Waals surface area (Å²) in [7, 11) is 0. The predicted molar refractivity (Wildman–Crippen MR) is 55.2 cm³/mol. The molecule has 0 bridgehead atoms. The molecule has 0 amide bonds. The summed E-state index contributed by atoms with van der Waals surface area (Å²) in [5, 5.41) is 3.29. The summed E-state index contributed by atoms with van der Waals surface area (Å²) in [6.07, 6.45) is 0. The topological polar surface area (TPSA) is 41.6 Å². The normalized spacial score (nSPS) is 19.4. The van der Waals surface area contributed by atoms with Crippen LogP contribution in [0, 0.1) is 0 Å². The Bertz CT molecular complexity index is 198. The SMILES string of the molecule is CC(=O)OC(C)(C)CN1CCNCC1. The Labute approximate surface area is 85.6 Å². The largest absolute Gasteiger partial charge is 0.458 e. The molecule has 1 aliphatic rings. The van der Waals surface area contributed by atoms with Crippen molar-refractivity contribution in [3.63, 3.8) is 0 Å². The van der Waals surface area contributed by atoms with Crippen molar-refractivity contribution in [3.05, 3.63) is 0 Å². The average Bonchev–Trinajstić information content (AvgIpc) is 2.02. The Morgan fingerprint density at radius 1 is 1.43 bits per heavy atom. The van der Waals surface area contributed by atoms with E-state index in [9.17, 15) is 4.79 Å². The number of piperazine rings is 1. The number of carbonyl (C=O) groups is 1. The molecule has 1 N–H and O–H groups in total. The minimum atomic E-state index is -0.372. The number of esters is 1. The van der Waals surface area contributed by atoms with E-state index in [1.54, 1.807) is 0 Å². The molecule has 0 atom stereocenters. The fourth-order valence-electron chi connectivity index (χ4n) is 1.83. The van der Waals surface area contributed by atoms with E-state index in [0.717, 1.165) is 32.7 Å². The van der Waals surface area contributed by atoms with Crippen LogP contribution in [0.1, 0.15) is 20.8 Å². The van der Waals surface area contributed by atoms with Gasteiger partial charge in [-0.15, -0.1) is 0 Å². The van der Waals surface area contributed by atoms with Gasteiger partial charge in [0.05, 0.1) is 0 Å². The second kappa shape index (κ2) is 4.75. The van der Waals surface area contributed by atoms with Crippen molar-refractivity contribution < 1.29 is 9.53 Å². The van der Waals surface area contributed by atoms with Crippen molar-refractivity contribution in [3.8, 4) is 0 Å². The van der Waals surface area contributed by atoms with Crippen LogP contribution in [0.15, 0.2) is 0 Å². The molecule has 0 aromatic heterocycles. The summed E-state index contributed by atoms with van der Waals surface area (Å²) in [6, 6.07) is 0. The Balaban J connectivity index is 2.36. The highest BCUT2D eigenvalue weighted by atomic mass is 16.6. The molecule has 0 aromatic rings. The molecule has 0 saturated carbocycles. The van der Waals surface area contributed by atoms with E-state index >= 15 is 0 Å². The maximum atomic E-state index is 10.8. The highest BCUT2D eigenvalue weighted by Crippen LogP contribution is 2.12. The van der Waals surface area contributed by atoms with E-state index in [1.807, 2.05) is 13.8 Å². The Kier molecular flexibility index (Phi) is 3.89. The van der Waals surface area contributed by atoms with E-state index in [2.05, 4.69) is 10.2 Å². The number of hydrogen-bond acceptors (Lipinski definition) is 4. The van der Waals surface area contributed by atoms with E-state index in [1.165, 1.54) is 6.92 Å². The van der Waals surface area contributed by atoms with Crippen LogP contribution in [0.4, 0.5) is 0 Å². The van der Waals surface area contributed by atoms with Crippen molar-refractivity contribution in [2.45, 2.75) is 26.4 Å². The van der Waals surface area contributed by atoms with Crippen molar-refractivity contribution in [2.75, 3.05) is 32.7 Å². The molecule has 1 rings (SSSR count). The van der Waals surface area contributed by atoms with E-state index in [0.29, 0.717) is 0 Å². The lowest BCUT2D eigenvalue weighted by atomic mass is 10.1. The van der Waals surface area contributed by atoms with E-state index in [-0.39, 0.29) is 11.6 Å². The van der Waals surface area contributed by atoms with Crippen molar-refractivity contribution in [2.24, 2.45) is 0 Å². The zero-order valence-electron chi connectivity index (χ0n) is 9.30. The van der Waals surface area contributed by atoms with Crippen LogP contribution in [-0.4, -0.2) is 49.2 Å². The third kappa shape index (κ3) is 4.07. The van der Waals surface area contributed by atoms with Crippen molar-refractivity contribution in [1.29, 1.82) is 0 Å². The van der Waals surface area contributed by atoms with Gasteiger partial charge >= 0.3 is 5.97 Å². The molecule has 0 radical (unpaired) electrons. The smallest absolute Gasteiger partial charge is 0.303 e. The summed E-state index contributed by atoms with van der Waals surface area (Å²) in [5.74, 6) is -0.204. The van der Waals surface area contributed by atoms with Crippen LogP contribution in [0.25, 0.3) is 0 Å². The van der Waals surface area contributed by atoms with Gasteiger partial charge in [0.15, 0.2) is 0 Å². The Hall–Kier alpha value is -0.610. The lowest BCUT2D eigenvalue weighted by molar-refractivity contribution is -0.155. The Morgan fingerprint density at radius 3 is 2.50 bits per heavy atom. The first kappa shape index (κ1) is 11.5. The summed E-state index contributed by atoms with van der Waals surface area (Å²) < 4.78 is 5.24. The van der Waals surface area contributed by atoms with Crippen LogP contribution in [-0.2, 0) is 9.53 Å². The molecule has 4 heteroatoms. The lowest BCUT2D eigenvalue weighted by Crippen LogP contribution is -2.49. The summed E-state index contributed by atoms with van der Waals surface area (Å²) >= 11 is 0. The van der Waals surface area contributed by atoms with Crippen LogP contribution in [0.3, 0.4) is 0 Å². The first-order valence-electron chi connectivity index (χ1n) is 5.12. The molecule has 1 aliphatic heterocycles. The van der Waals surface area contributed by atoms with Crippen LogP contribution in [0.5, 0.6) is 0 Å². The molecular weight excluding hydrogens is 180 g/mol. The minimum absolute atomic E-state index is 0.204. The number of nitrogens with one attached hydrogen (secondary N) is 1. The molecule has 0 spiro atoms. The maximum absolute atomic E-state index is 10.8. The monoisotopic (exact) mass is 200 g/mol. The Morgan fingerprint density at radius 2 is 2.00 bits per heavy atom. The average molecular weight is 200 g/mol. The van der Waals surface area contributed by atoms with Gasteiger partial charge in [-0.05, 0) is 13.8 Å². The predicted octanol–water partition coefficient (Wildman–Crippen LogP) is 0.233. The first-order valence-corrected chi connectivity index (χ1v) is 5.12. The van der Waals surface area contributed by atoms with Gasteiger partial charge in [0, 0.05) is 39.6 Å². The van der Waals surface area contributed by atoms with Gasteiger partial charge in [-0.3, -0.25) is 9.69 Å². The second-order valence-electron chi connectivity index (χ2n) is 4.38. The minimum Gasteiger partial charge on any atom is -0.458 e. The molecule has 0 aliphatic carbocycles. The van der Waals surface area contributed by atoms with Gasteiger partial charge < -0.3 is 10.1 Å². The zero-order chi connectivity index (χ0) is 10.6. The number of hydrogen-bond donors (Lipinski definition) is 1. The maximum Gasteiger partial charge on any atom is 0.303 e. The van der Waals surface area contributed by atoms with Gasteiger partial charge in [0.25, 0.3) is 0 Å². The molecule has 0 unspecified atom stereocenters. The van der Waals surface area contributed by atoms with Crippen LogP contribution >= 0.6 is 0 Å². The highest BCUT2D eigenvalue weighted by Gasteiger charge is 2.25. The van der Waals surface area contributed by atoms with Crippen LogP contribution in [0.2, 0.25) is 0 Å². The van der Waals surface area contributed by atoms with Crippen molar-refractivity contribution >= 4 is 5.97 Å². The second-order valence-corrected chi connectivity index (χ2v) is 4.38. The fourth-order valence-corrected chi connectivity index (χ4v) is 1.83. The molecule has 1 heterocycles. The zero-order valence-corrected chi connectivity index (χ0v) is 9.30. The molecule has 82 valence electrons. The van der Waals surface area contributed by atoms with Crippen molar-refractivity contribution in [1.82, 2.24) is 10.2 Å². The van der Waals surface area contributed by atoms with E-state index in [4.69, 9.17) is 4.74 Å². The number of nitrogens with zero attached hydrogens (tertiary/aromatic N) is 1. The third-order valence-electron chi connectivity index (χ3n) is 2.23. The molecule has 1 saturated heterocycles. The van der Waals surface area contributed by atoms with Gasteiger partial charge in [-0.1, -0.05) is 0 Å². The molecule has 1 fully saturated rings. The van der Waals surface area contributed by atoms with Gasteiger partial charge in [-0.2, -0.15) is 0 Å². The summed E-state index contributed by atoms with van der Waals surface area (Å²) in [6.45, 7) is 10.3. The third-order valence-corrected chi connectivity index (χ3v) is 2.23. The van der Waals surface area contributed by atoms with E-state index < -0.39 is 0 Å². The number of carbonyl (C=O) groups excluding carboxylic acids is 1. The first-order chi connectivity index (χ1) is 6.49. The summed E-state index contributed by atoms with van der Waals surface area (Å²) in [4.78, 5) is 13.2. The number of rotatable bonds is 3. The van der Waals surface area contributed by atoms with Gasteiger partial charge in [0.1, 0.15) is 5.60 Å². The number of ether oxygens (including phenoxy) is 1. The lowest BCUT2D eigenvalue weighted by Gasteiger charge is -2.34. The van der Waals surface area contributed by atoms with Crippen LogP contribution < -0.4 is 5.32 Å². The standard InChI is InChI=1S/C10H20N2O2/c1-9(13)14-10(2,3)8-12-6-4-11-5-7-12/h11H,4-8H2,1-3H3. The molecule has 0 aromatic carbocycles. The highest BCUT2D eigenvalue weighted by molar-refractivity contribution is 5.66. The fraction of sp³-hybridized carbons (Fsp3) is 0.900. The molecular formula is C10H20N2O2. The molecule has 4 nitrogen and oxygen atoms in total. The summed E-state index contributed by atoms with van der Waals surface area (Å²) in [5.41, 5.74) is -0.372. The quantitative estimate of drug-likeness (QED) is 0.662. The van der Waals surface area contributed by atoms with Gasteiger partial charge in [-0.25, -0.2) is 0 Å². The van der Waals surface area contributed by atoms with Gasteiger partial charge in [0.2, 0.25) is 0 Å². The molecule has 14 heavy (non-hydrogen) atoms.